The van der Waals surface area contributed by atoms with Gasteiger partial charge in [-0.05, 0) is 17.5 Å². The van der Waals surface area contributed by atoms with Crippen molar-refractivity contribution in [1.29, 1.82) is 0 Å². The monoisotopic (exact) mass is 224 g/mol. The van der Waals surface area contributed by atoms with Crippen LogP contribution in [0.4, 0.5) is 0 Å². The lowest BCUT2D eigenvalue weighted by Crippen LogP contribution is -2.28. The van der Waals surface area contributed by atoms with E-state index in [9.17, 15) is 0 Å². The molecule has 1 saturated heterocycles. The second-order valence-electron chi connectivity index (χ2n) is 4.43. The second kappa shape index (κ2) is 4.52. The molecule has 0 aliphatic carbocycles. The van der Waals surface area contributed by atoms with Gasteiger partial charge in [0, 0.05) is 30.7 Å². The number of nitrogens with zero attached hydrogens (tertiary/aromatic N) is 1. The smallest absolute Gasteiger partial charge is 0.0451 e. The minimum Gasteiger partial charge on any atom is -0.326 e. The van der Waals surface area contributed by atoms with Crippen LogP contribution in [0.1, 0.15) is 12.5 Å². The molecule has 3 heteroatoms. The van der Waals surface area contributed by atoms with Crippen LogP contribution < -0.4 is 5.73 Å². The molecule has 2 N–H and O–H groups in total. The first-order chi connectivity index (χ1) is 7.16. The maximum Gasteiger partial charge on any atom is 0.0451 e. The van der Waals surface area contributed by atoms with Crippen molar-refractivity contribution in [2.75, 3.05) is 13.1 Å². The van der Waals surface area contributed by atoms with Gasteiger partial charge in [0.25, 0.3) is 0 Å². The fourth-order valence-electron chi connectivity index (χ4n) is 2.09. The summed E-state index contributed by atoms with van der Waals surface area (Å²) < 4.78 is 0. The molecule has 82 valence electrons. The highest BCUT2D eigenvalue weighted by Gasteiger charge is 2.26. The predicted molar refractivity (Wildman–Crippen MR) is 63.9 cm³/mol. The van der Waals surface area contributed by atoms with Gasteiger partial charge in [-0.25, -0.2) is 0 Å². The summed E-state index contributed by atoms with van der Waals surface area (Å²) in [6.07, 6.45) is 0. The molecule has 1 aliphatic rings. The number of nitrogens with two attached hydrogens (primary N) is 1. The van der Waals surface area contributed by atoms with Gasteiger partial charge in [0.15, 0.2) is 0 Å². The Morgan fingerprint density at radius 1 is 1.40 bits per heavy atom. The third-order valence-corrected chi connectivity index (χ3v) is 3.47. The molecule has 15 heavy (non-hydrogen) atoms. The Balaban J connectivity index is 2.01. The quantitative estimate of drug-likeness (QED) is 0.834. The molecule has 1 fully saturated rings. The highest BCUT2D eigenvalue weighted by Crippen LogP contribution is 2.21. The van der Waals surface area contributed by atoms with Gasteiger partial charge >= 0.3 is 0 Å². The van der Waals surface area contributed by atoms with Crippen molar-refractivity contribution in [1.82, 2.24) is 4.90 Å². The zero-order valence-corrected chi connectivity index (χ0v) is 9.74. The van der Waals surface area contributed by atoms with E-state index in [0.717, 1.165) is 24.7 Å². The molecule has 1 aromatic rings. The van der Waals surface area contributed by atoms with Crippen LogP contribution in [0.5, 0.6) is 0 Å². The summed E-state index contributed by atoms with van der Waals surface area (Å²) in [4.78, 5) is 2.37. The number of hydrogen-bond acceptors (Lipinski definition) is 2. The van der Waals surface area contributed by atoms with E-state index in [2.05, 4.69) is 17.9 Å². The van der Waals surface area contributed by atoms with E-state index >= 15 is 0 Å². The molecule has 0 bridgehead atoms. The summed E-state index contributed by atoms with van der Waals surface area (Å²) in [6, 6.07) is 8.32. The maximum atomic E-state index is 6.12. The van der Waals surface area contributed by atoms with Crippen LogP contribution in [-0.4, -0.2) is 24.0 Å². The standard InChI is InChI=1S/C12H17ClN2/c1-9-6-15(8-12(9)14)7-10-4-2-3-5-11(10)13/h2-5,9,12H,6-8,14H2,1H3. The number of rotatable bonds is 2. The molecule has 0 aromatic heterocycles. The van der Waals surface area contributed by atoms with Gasteiger partial charge in [-0.3, -0.25) is 4.90 Å². The maximum absolute atomic E-state index is 6.12. The van der Waals surface area contributed by atoms with Gasteiger partial charge in [-0.1, -0.05) is 36.7 Å². The van der Waals surface area contributed by atoms with E-state index in [-0.39, 0.29) is 0 Å². The van der Waals surface area contributed by atoms with E-state index in [4.69, 9.17) is 17.3 Å². The van der Waals surface area contributed by atoms with Gasteiger partial charge in [0.1, 0.15) is 0 Å². The normalized spacial score (nSPS) is 27.1. The zero-order valence-electron chi connectivity index (χ0n) is 8.99. The fraction of sp³-hybridized carbons (Fsp3) is 0.500. The van der Waals surface area contributed by atoms with E-state index in [1.54, 1.807) is 0 Å². The van der Waals surface area contributed by atoms with Crippen molar-refractivity contribution >= 4 is 11.6 Å². The summed E-state index contributed by atoms with van der Waals surface area (Å²) in [7, 11) is 0. The zero-order chi connectivity index (χ0) is 10.8. The molecule has 2 unspecified atom stereocenters. The third kappa shape index (κ3) is 2.51. The van der Waals surface area contributed by atoms with E-state index < -0.39 is 0 Å². The van der Waals surface area contributed by atoms with E-state index in [0.29, 0.717) is 12.0 Å². The van der Waals surface area contributed by atoms with Crippen molar-refractivity contribution in [2.45, 2.75) is 19.5 Å². The van der Waals surface area contributed by atoms with Gasteiger partial charge in [0.2, 0.25) is 0 Å². The van der Waals surface area contributed by atoms with Crippen molar-refractivity contribution < 1.29 is 0 Å². The molecule has 1 aliphatic heterocycles. The molecule has 0 amide bonds. The molecule has 0 saturated carbocycles. The topological polar surface area (TPSA) is 29.3 Å². The third-order valence-electron chi connectivity index (χ3n) is 3.10. The number of likely N-dealkylation sites (tertiary alicyclic amines) is 1. The average Bonchev–Trinajstić information content (AvgIpc) is 2.50. The first kappa shape index (κ1) is 10.9. The van der Waals surface area contributed by atoms with Crippen molar-refractivity contribution in [3.63, 3.8) is 0 Å². The van der Waals surface area contributed by atoms with Crippen LogP contribution in [0, 0.1) is 5.92 Å². The van der Waals surface area contributed by atoms with Crippen LogP contribution in [0.25, 0.3) is 0 Å². The van der Waals surface area contributed by atoms with Gasteiger partial charge in [0.05, 0.1) is 0 Å². The predicted octanol–water partition coefficient (Wildman–Crippen LogP) is 2.12. The minimum absolute atomic E-state index is 0.312. The van der Waals surface area contributed by atoms with Crippen LogP contribution in [-0.2, 0) is 6.54 Å². The highest BCUT2D eigenvalue weighted by molar-refractivity contribution is 6.31. The number of hydrogen-bond donors (Lipinski definition) is 1. The average molecular weight is 225 g/mol. The van der Waals surface area contributed by atoms with Gasteiger partial charge in [-0.15, -0.1) is 0 Å². The Hall–Kier alpha value is -0.570. The molecule has 1 aromatic carbocycles. The molecule has 0 spiro atoms. The molecular formula is C12H17ClN2. The minimum atomic E-state index is 0.312. The van der Waals surface area contributed by atoms with Crippen molar-refractivity contribution in [3.8, 4) is 0 Å². The first-order valence-corrected chi connectivity index (χ1v) is 5.76. The molecule has 0 radical (unpaired) electrons. The molecule has 2 atom stereocenters. The Labute approximate surface area is 96.0 Å². The second-order valence-corrected chi connectivity index (χ2v) is 4.83. The lowest BCUT2D eigenvalue weighted by molar-refractivity contribution is 0.319. The SMILES string of the molecule is CC1CN(Cc2ccccc2Cl)CC1N. The summed E-state index contributed by atoms with van der Waals surface area (Å²) in [5, 5.41) is 0.852. The molecule has 2 rings (SSSR count). The fourth-order valence-corrected chi connectivity index (χ4v) is 2.29. The largest absolute Gasteiger partial charge is 0.326 e. The lowest BCUT2D eigenvalue weighted by Gasteiger charge is -2.15. The summed E-state index contributed by atoms with van der Waals surface area (Å²) in [5.74, 6) is 0.590. The number of halogens is 1. The Kier molecular flexibility index (Phi) is 3.29. The lowest BCUT2D eigenvalue weighted by atomic mass is 10.1. The van der Waals surface area contributed by atoms with Crippen molar-refractivity contribution in [2.24, 2.45) is 11.7 Å². The van der Waals surface area contributed by atoms with Crippen molar-refractivity contribution in [3.05, 3.63) is 34.9 Å². The summed E-state index contributed by atoms with van der Waals surface area (Å²) in [6.45, 7) is 5.17. The van der Waals surface area contributed by atoms with E-state index in [1.165, 1.54) is 5.56 Å². The molecule has 2 nitrogen and oxygen atoms in total. The van der Waals surface area contributed by atoms with Crippen LogP contribution >= 0.6 is 11.6 Å². The molecule has 1 heterocycles. The summed E-state index contributed by atoms with van der Waals surface area (Å²) >= 11 is 6.12. The highest BCUT2D eigenvalue weighted by atomic mass is 35.5. The Morgan fingerprint density at radius 3 is 2.73 bits per heavy atom. The summed E-state index contributed by atoms with van der Waals surface area (Å²) in [5.41, 5.74) is 7.18. The number of benzene rings is 1. The van der Waals surface area contributed by atoms with Crippen LogP contribution in [0.15, 0.2) is 24.3 Å². The van der Waals surface area contributed by atoms with Crippen LogP contribution in [0.2, 0.25) is 5.02 Å². The molecular weight excluding hydrogens is 208 g/mol. The van der Waals surface area contributed by atoms with E-state index in [1.807, 2.05) is 18.2 Å². The first-order valence-electron chi connectivity index (χ1n) is 5.38. The van der Waals surface area contributed by atoms with Gasteiger partial charge in [-0.2, -0.15) is 0 Å². The van der Waals surface area contributed by atoms with Gasteiger partial charge < -0.3 is 5.73 Å². The Morgan fingerprint density at radius 2 is 2.13 bits per heavy atom. The Bertz CT molecular complexity index is 330. The van der Waals surface area contributed by atoms with Crippen LogP contribution in [0.3, 0.4) is 0 Å².